The average molecular weight is 232 g/mol. The fourth-order valence-electron chi connectivity index (χ4n) is 1.80. The normalized spacial score (nSPS) is 10.5. The fraction of sp³-hybridized carbons (Fsp3) is 0.231. The van der Waals surface area contributed by atoms with Gasteiger partial charge in [-0.15, -0.1) is 0 Å². The van der Waals surface area contributed by atoms with Gasteiger partial charge in [0.05, 0.1) is 17.5 Å². The highest BCUT2D eigenvalue weighted by Gasteiger charge is 2.15. The second kappa shape index (κ2) is 4.49. The number of rotatable bonds is 3. The first kappa shape index (κ1) is 11.5. The maximum Gasteiger partial charge on any atom is 0.163 e. The third kappa shape index (κ3) is 2.11. The molecule has 0 aliphatic heterocycles. The third-order valence-corrected chi connectivity index (χ3v) is 2.64. The van der Waals surface area contributed by atoms with Gasteiger partial charge in [-0.3, -0.25) is 9.48 Å². The summed E-state index contributed by atoms with van der Waals surface area (Å²) >= 11 is 0. The van der Waals surface area contributed by atoms with E-state index in [4.69, 9.17) is 0 Å². The van der Waals surface area contributed by atoms with E-state index in [1.807, 2.05) is 6.92 Å². The Bertz CT molecular complexity index is 543. The minimum Gasteiger partial charge on any atom is -0.294 e. The zero-order chi connectivity index (χ0) is 12.4. The van der Waals surface area contributed by atoms with Gasteiger partial charge in [0.1, 0.15) is 5.82 Å². The molecule has 0 radical (unpaired) electrons. The van der Waals surface area contributed by atoms with Crippen LogP contribution in [0.5, 0.6) is 0 Å². The van der Waals surface area contributed by atoms with Gasteiger partial charge in [0.15, 0.2) is 5.78 Å². The molecule has 0 bridgehead atoms. The quantitative estimate of drug-likeness (QED) is 0.762. The number of carbonyl (C=O) groups excluding carboxylic acids is 1. The van der Waals surface area contributed by atoms with Crippen molar-refractivity contribution in [2.75, 3.05) is 0 Å². The van der Waals surface area contributed by atoms with Crippen molar-refractivity contribution < 1.29 is 9.18 Å². The monoisotopic (exact) mass is 232 g/mol. The predicted molar refractivity (Wildman–Crippen MR) is 63.3 cm³/mol. The van der Waals surface area contributed by atoms with E-state index >= 15 is 0 Å². The molecular formula is C13H13FN2O. The Labute approximate surface area is 98.9 Å². The number of aryl methyl sites for hydroxylation is 1. The van der Waals surface area contributed by atoms with Crippen LogP contribution in [0.2, 0.25) is 0 Å². The molecule has 2 aromatic rings. The Morgan fingerprint density at radius 3 is 2.53 bits per heavy atom. The van der Waals surface area contributed by atoms with E-state index < -0.39 is 0 Å². The molecule has 0 aliphatic rings. The Balaban J connectivity index is 2.59. The number of benzene rings is 1. The van der Waals surface area contributed by atoms with Gasteiger partial charge in [-0.2, -0.15) is 5.10 Å². The van der Waals surface area contributed by atoms with Crippen LogP contribution in [0.25, 0.3) is 11.3 Å². The first-order valence-electron chi connectivity index (χ1n) is 5.46. The predicted octanol–water partition coefficient (Wildman–Crippen LogP) is 2.91. The first-order chi connectivity index (χ1) is 8.13. The van der Waals surface area contributed by atoms with E-state index in [1.54, 1.807) is 23.0 Å². The number of ketones is 1. The summed E-state index contributed by atoms with van der Waals surface area (Å²) in [5.74, 6) is -0.329. The summed E-state index contributed by atoms with van der Waals surface area (Å²) in [4.78, 5) is 11.5. The number of Topliss-reactive ketones (excluding diaryl/α,β-unsaturated/α-hetero) is 1. The lowest BCUT2D eigenvalue weighted by Crippen LogP contribution is -2.01. The molecule has 4 heteroatoms. The Morgan fingerprint density at radius 1 is 1.35 bits per heavy atom. The van der Waals surface area contributed by atoms with E-state index in [9.17, 15) is 9.18 Å². The van der Waals surface area contributed by atoms with Crippen LogP contribution in [0.3, 0.4) is 0 Å². The number of carbonyl (C=O) groups is 1. The lowest BCUT2D eigenvalue weighted by atomic mass is 10.1. The van der Waals surface area contributed by atoms with Crippen molar-refractivity contribution in [3.05, 3.63) is 41.8 Å². The van der Waals surface area contributed by atoms with Gasteiger partial charge in [0.25, 0.3) is 0 Å². The molecule has 0 N–H and O–H groups in total. The molecule has 1 aromatic heterocycles. The molecule has 3 nitrogen and oxygen atoms in total. The molecule has 0 spiro atoms. The molecular weight excluding hydrogens is 219 g/mol. The van der Waals surface area contributed by atoms with Gasteiger partial charge in [0.2, 0.25) is 0 Å². The van der Waals surface area contributed by atoms with Crippen LogP contribution in [0.15, 0.2) is 30.5 Å². The van der Waals surface area contributed by atoms with Gasteiger partial charge >= 0.3 is 0 Å². The zero-order valence-electron chi connectivity index (χ0n) is 9.77. The topological polar surface area (TPSA) is 34.9 Å². The molecule has 1 aromatic carbocycles. The number of aromatic nitrogens is 2. The third-order valence-electron chi connectivity index (χ3n) is 2.64. The van der Waals surface area contributed by atoms with Gasteiger partial charge in [-0.05, 0) is 38.1 Å². The average Bonchev–Trinajstić information content (AvgIpc) is 2.73. The fourth-order valence-corrected chi connectivity index (χ4v) is 1.80. The van der Waals surface area contributed by atoms with Crippen LogP contribution in [-0.4, -0.2) is 15.6 Å². The zero-order valence-corrected chi connectivity index (χ0v) is 9.77. The van der Waals surface area contributed by atoms with Crippen LogP contribution in [0.1, 0.15) is 24.2 Å². The number of hydrogen-bond donors (Lipinski definition) is 0. The van der Waals surface area contributed by atoms with E-state index in [0.717, 1.165) is 11.3 Å². The summed E-state index contributed by atoms with van der Waals surface area (Å²) in [6.45, 7) is 4.12. The molecule has 0 atom stereocenters. The Hall–Kier alpha value is -1.97. The molecule has 0 aliphatic carbocycles. The van der Waals surface area contributed by atoms with Crippen LogP contribution in [-0.2, 0) is 6.54 Å². The van der Waals surface area contributed by atoms with Crippen molar-refractivity contribution in [2.45, 2.75) is 20.4 Å². The maximum absolute atomic E-state index is 12.9. The largest absolute Gasteiger partial charge is 0.294 e. The van der Waals surface area contributed by atoms with Crippen LogP contribution in [0.4, 0.5) is 4.39 Å². The Kier molecular flexibility index (Phi) is 3.04. The number of nitrogens with zero attached hydrogens (tertiary/aromatic N) is 2. The molecule has 17 heavy (non-hydrogen) atoms. The second-order valence-electron chi connectivity index (χ2n) is 3.79. The number of hydrogen-bond acceptors (Lipinski definition) is 2. The van der Waals surface area contributed by atoms with E-state index in [2.05, 4.69) is 5.10 Å². The molecule has 0 unspecified atom stereocenters. The highest BCUT2D eigenvalue weighted by Crippen LogP contribution is 2.24. The standard InChI is InChI=1S/C13H13FN2O/c1-3-16-13(12(8-15-16)9(2)17)10-4-6-11(14)7-5-10/h4-8H,3H2,1-2H3. The second-order valence-corrected chi connectivity index (χ2v) is 3.79. The summed E-state index contributed by atoms with van der Waals surface area (Å²) in [5.41, 5.74) is 2.12. The van der Waals surface area contributed by atoms with Crippen molar-refractivity contribution in [1.29, 1.82) is 0 Å². The van der Waals surface area contributed by atoms with E-state index in [1.165, 1.54) is 19.1 Å². The van der Waals surface area contributed by atoms with Gasteiger partial charge < -0.3 is 0 Å². The molecule has 0 fully saturated rings. The first-order valence-corrected chi connectivity index (χ1v) is 5.46. The van der Waals surface area contributed by atoms with Crippen LogP contribution >= 0.6 is 0 Å². The van der Waals surface area contributed by atoms with Crippen molar-refractivity contribution in [3.63, 3.8) is 0 Å². The van der Waals surface area contributed by atoms with Crippen molar-refractivity contribution in [2.24, 2.45) is 0 Å². The smallest absolute Gasteiger partial charge is 0.163 e. The van der Waals surface area contributed by atoms with Gasteiger partial charge in [-0.1, -0.05) is 0 Å². The van der Waals surface area contributed by atoms with Crippen LogP contribution < -0.4 is 0 Å². The highest BCUT2D eigenvalue weighted by atomic mass is 19.1. The minimum absolute atomic E-state index is 0.0379. The summed E-state index contributed by atoms with van der Waals surface area (Å²) in [6, 6.07) is 6.08. The molecule has 0 saturated carbocycles. The minimum atomic E-state index is -0.291. The van der Waals surface area contributed by atoms with E-state index in [0.29, 0.717) is 12.1 Å². The van der Waals surface area contributed by atoms with Gasteiger partial charge in [0, 0.05) is 12.1 Å². The summed E-state index contributed by atoms with van der Waals surface area (Å²) in [7, 11) is 0. The lowest BCUT2D eigenvalue weighted by Gasteiger charge is -2.06. The Morgan fingerprint density at radius 2 is 2.00 bits per heavy atom. The van der Waals surface area contributed by atoms with Crippen molar-refractivity contribution in [3.8, 4) is 11.3 Å². The highest BCUT2D eigenvalue weighted by molar-refractivity contribution is 5.99. The maximum atomic E-state index is 12.9. The van der Waals surface area contributed by atoms with E-state index in [-0.39, 0.29) is 11.6 Å². The van der Waals surface area contributed by atoms with Crippen molar-refractivity contribution >= 4 is 5.78 Å². The molecule has 1 heterocycles. The summed E-state index contributed by atoms with van der Waals surface area (Å²) < 4.78 is 14.6. The molecule has 0 saturated heterocycles. The number of halogens is 1. The van der Waals surface area contributed by atoms with Crippen molar-refractivity contribution in [1.82, 2.24) is 9.78 Å². The summed E-state index contributed by atoms with van der Waals surface area (Å²) in [5, 5.41) is 4.16. The molecule has 88 valence electrons. The SMILES string of the molecule is CCn1ncc(C(C)=O)c1-c1ccc(F)cc1. The van der Waals surface area contributed by atoms with Gasteiger partial charge in [-0.25, -0.2) is 4.39 Å². The van der Waals surface area contributed by atoms with Crippen LogP contribution in [0, 0.1) is 5.82 Å². The lowest BCUT2D eigenvalue weighted by molar-refractivity contribution is 0.101. The molecule has 2 rings (SSSR count). The molecule has 0 amide bonds. The summed E-state index contributed by atoms with van der Waals surface area (Å²) in [6.07, 6.45) is 1.56.